The van der Waals surface area contributed by atoms with Crippen molar-refractivity contribution < 1.29 is 17.9 Å². The van der Waals surface area contributed by atoms with Gasteiger partial charge in [0.1, 0.15) is 5.56 Å². The van der Waals surface area contributed by atoms with Gasteiger partial charge < -0.3 is 4.74 Å². The maximum atomic E-state index is 12.5. The number of ether oxygens (including phenoxy) is 1. The zero-order valence-electron chi connectivity index (χ0n) is 7.94. The van der Waals surface area contributed by atoms with E-state index in [0.717, 1.165) is 12.4 Å². The predicted molar refractivity (Wildman–Crippen MR) is 50.0 cm³/mol. The van der Waals surface area contributed by atoms with Crippen LogP contribution in [0.5, 0.6) is 5.75 Å². The lowest BCUT2D eigenvalue weighted by atomic mass is 10.2. The molecule has 0 aromatic carbocycles. The topological polar surface area (TPSA) is 22.1 Å². The lowest BCUT2D eigenvalue weighted by Gasteiger charge is -2.13. The molecule has 0 saturated heterocycles. The van der Waals surface area contributed by atoms with Gasteiger partial charge in [0.25, 0.3) is 0 Å². The number of pyridine rings is 1. The molecule has 0 spiro atoms. The minimum absolute atomic E-state index is 0.200. The standard InChI is InChI=1S/C9H9ClF3NO/c1-2-3-15-7-5-14-4-6(10)8(7)9(11,12)13/h4-5H,2-3H2,1H3. The van der Waals surface area contributed by atoms with Gasteiger partial charge in [0.05, 0.1) is 17.8 Å². The van der Waals surface area contributed by atoms with E-state index in [4.69, 9.17) is 16.3 Å². The first-order valence-electron chi connectivity index (χ1n) is 4.30. The van der Waals surface area contributed by atoms with E-state index in [1.54, 1.807) is 6.92 Å². The van der Waals surface area contributed by atoms with E-state index >= 15 is 0 Å². The molecular weight excluding hydrogens is 231 g/mol. The second-order valence-electron chi connectivity index (χ2n) is 2.84. The summed E-state index contributed by atoms with van der Waals surface area (Å²) in [5.41, 5.74) is -0.965. The highest BCUT2D eigenvalue weighted by molar-refractivity contribution is 6.31. The molecule has 1 aromatic heterocycles. The predicted octanol–water partition coefficient (Wildman–Crippen LogP) is 3.54. The van der Waals surface area contributed by atoms with Crippen molar-refractivity contribution in [1.82, 2.24) is 4.98 Å². The fourth-order valence-corrected chi connectivity index (χ4v) is 1.27. The minimum atomic E-state index is -4.52. The van der Waals surface area contributed by atoms with Gasteiger partial charge in [0, 0.05) is 6.20 Å². The number of rotatable bonds is 3. The first-order chi connectivity index (χ1) is 6.96. The quantitative estimate of drug-likeness (QED) is 0.805. The summed E-state index contributed by atoms with van der Waals surface area (Å²) in [7, 11) is 0. The van der Waals surface area contributed by atoms with Crippen LogP contribution in [-0.2, 0) is 6.18 Å². The van der Waals surface area contributed by atoms with Crippen molar-refractivity contribution in [2.24, 2.45) is 0 Å². The van der Waals surface area contributed by atoms with E-state index in [-0.39, 0.29) is 12.4 Å². The Morgan fingerprint density at radius 3 is 2.60 bits per heavy atom. The molecule has 0 N–H and O–H groups in total. The maximum Gasteiger partial charge on any atom is 0.421 e. The SMILES string of the molecule is CCCOc1cncc(Cl)c1C(F)(F)F. The average molecular weight is 240 g/mol. The van der Waals surface area contributed by atoms with Crippen LogP contribution < -0.4 is 4.74 Å². The van der Waals surface area contributed by atoms with E-state index in [1.165, 1.54) is 0 Å². The van der Waals surface area contributed by atoms with Crippen molar-refractivity contribution in [3.8, 4) is 5.75 Å². The second kappa shape index (κ2) is 4.70. The van der Waals surface area contributed by atoms with Crippen molar-refractivity contribution in [2.45, 2.75) is 19.5 Å². The largest absolute Gasteiger partial charge is 0.491 e. The molecule has 1 rings (SSSR count). The van der Waals surface area contributed by atoms with Crippen LogP contribution in [0.3, 0.4) is 0 Å². The molecule has 0 aliphatic rings. The molecule has 0 aliphatic heterocycles. The summed E-state index contributed by atoms with van der Waals surface area (Å²) in [5.74, 6) is -0.322. The van der Waals surface area contributed by atoms with Gasteiger partial charge in [-0.1, -0.05) is 18.5 Å². The van der Waals surface area contributed by atoms with Gasteiger partial charge in [-0.15, -0.1) is 0 Å². The van der Waals surface area contributed by atoms with Gasteiger partial charge in [-0.2, -0.15) is 13.2 Å². The minimum Gasteiger partial charge on any atom is -0.491 e. The fraction of sp³-hybridized carbons (Fsp3) is 0.444. The normalized spacial score (nSPS) is 11.5. The Bertz CT molecular complexity index is 341. The number of aromatic nitrogens is 1. The molecule has 0 saturated carbocycles. The zero-order valence-corrected chi connectivity index (χ0v) is 8.69. The van der Waals surface area contributed by atoms with Gasteiger partial charge in [-0.3, -0.25) is 4.98 Å². The second-order valence-corrected chi connectivity index (χ2v) is 3.25. The third kappa shape index (κ3) is 2.99. The van der Waals surface area contributed by atoms with E-state index < -0.39 is 16.8 Å². The van der Waals surface area contributed by atoms with Crippen LogP contribution in [0.1, 0.15) is 18.9 Å². The van der Waals surface area contributed by atoms with Crippen LogP contribution in [0.4, 0.5) is 13.2 Å². The van der Waals surface area contributed by atoms with Crippen LogP contribution in [0.15, 0.2) is 12.4 Å². The highest BCUT2D eigenvalue weighted by atomic mass is 35.5. The first kappa shape index (κ1) is 12.1. The molecule has 0 unspecified atom stereocenters. The van der Waals surface area contributed by atoms with Gasteiger partial charge in [-0.25, -0.2) is 0 Å². The van der Waals surface area contributed by atoms with Crippen LogP contribution in [0.2, 0.25) is 5.02 Å². The van der Waals surface area contributed by atoms with Crippen molar-refractivity contribution in [2.75, 3.05) is 6.61 Å². The Balaban J connectivity index is 3.09. The van der Waals surface area contributed by atoms with Gasteiger partial charge in [0.2, 0.25) is 0 Å². The summed E-state index contributed by atoms with van der Waals surface area (Å²) in [6.07, 6.45) is -1.94. The Hall–Kier alpha value is -0.970. The fourth-order valence-electron chi connectivity index (χ4n) is 1.01. The summed E-state index contributed by atoms with van der Waals surface area (Å²) in [5, 5.41) is -0.448. The molecule has 0 bridgehead atoms. The van der Waals surface area contributed by atoms with Crippen molar-refractivity contribution in [3.63, 3.8) is 0 Å². The lowest BCUT2D eigenvalue weighted by Crippen LogP contribution is -2.10. The smallest absolute Gasteiger partial charge is 0.421 e. The molecule has 15 heavy (non-hydrogen) atoms. The number of hydrogen-bond donors (Lipinski definition) is 0. The summed E-state index contributed by atoms with van der Waals surface area (Å²) in [4.78, 5) is 3.55. The van der Waals surface area contributed by atoms with Crippen molar-refractivity contribution in [3.05, 3.63) is 23.0 Å². The first-order valence-corrected chi connectivity index (χ1v) is 4.68. The highest BCUT2D eigenvalue weighted by Gasteiger charge is 2.37. The molecule has 0 aliphatic carbocycles. The highest BCUT2D eigenvalue weighted by Crippen LogP contribution is 2.40. The number of halogens is 4. The molecule has 1 aromatic rings. The Morgan fingerprint density at radius 2 is 2.07 bits per heavy atom. The van der Waals surface area contributed by atoms with Gasteiger partial charge in [0.15, 0.2) is 5.75 Å². The van der Waals surface area contributed by atoms with Gasteiger partial charge in [-0.05, 0) is 6.42 Å². The molecule has 0 radical (unpaired) electrons. The van der Waals surface area contributed by atoms with Crippen LogP contribution in [-0.4, -0.2) is 11.6 Å². The number of hydrogen-bond acceptors (Lipinski definition) is 2. The third-order valence-electron chi connectivity index (χ3n) is 1.61. The number of nitrogens with zero attached hydrogens (tertiary/aromatic N) is 1. The molecule has 2 nitrogen and oxygen atoms in total. The lowest BCUT2D eigenvalue weighted by molar-refractivity contribution is -0.138. The Labute approximate surface area is 90.0 Å². The summed E-state index contributed by atoms with van der Waals surface area (Å²) < 4.78 is 42.6. The summed E-state index contributed by atoms with van der Waals surface area (Å²) in [6, 6.07) is 0. The average Bonchev–Trinajstić information content (AvgIpc) is 2.12. The monoisotopic (exact) mass is 239 g/mol. The van der Waals surface area contributed by atoms with E-state index in [0.29, 0.717) is 6.42 Å². The zero-order chi connectivity index (χ0) is 11.5. The van der Waals surface area contributed by atoms with Crippen molar-refractivity contribution in [1.29, 1.82) is 0 Å². The van der Waals surface area contributed by atoms with E-state index in [2.05, 4.69) is 4.98 Å². The molecule has 6 heteroatoms. The molecule has 0 amide bonds. The Morgan fingerprint density at radius 1 is 1.40 bits per heavy atom. The van der Waals surface area contributed by atoms with Crippen LogP contribution in [0, 0.1) is 0 Å². The van der Waals surface area contributed by atoms with Crippen LogP contribution >= 0.6 is 11.6 Å². The third-order valence-corrected chi connectivity index (χ3v) is 1.90. The summed E-state index contributed by atoms with van der Waals surface area (Å²) >= 11 is 5.43. The molecule has 1 heterocycles. The van der Waals surface area contributed by atoms with Gasteiger partial charge >= 0.3 is 6.18 Å². The van der Waals surface area contributed by atoms with E-state index in [9.17, 15) is 13.2 Å². The molecule has 0 fully saturated rings. The molecule has 84 valence electrons. The maximum absolute atomic E-state index is 12.5. The van der Waals surface area contributed by atoms with Crippen LogP contribution in [0.25, 0.3) is 0 Å². The van der Waals surface area contributed by atoms with Crippen molar-refractivity contribution >= 4 is 11.6 Å². The Kier molecular flexibility index (Phi) is 3.79. The molecular formula is C9H9ClF3NO. The number of alkyl halides is 3. The van der Waals surface area contributed by atoms with E-state index in [1.807, 2.05) is 0 Å². The summed E-state index contributed by atoms with van der Waals surface area (Å²) in [6.45, 7) is 2.00. The molecule has 0 atom stereocenters.